The number of carbonyl (C=O) groups excluding carboxylic acids is 2. The van der Waals surface area contributed by atoms with Crippen molar-refractivity contribution in [2.75, 3.05) is 0 Å². The predicted molar refractivity (Wildman–Crippen MR) is 196 cm³/mol. The van der Waals surface area contributed by atoms with Crippen LogP contribution in [0, 0.1) is 10.8 Å². The number of esters is 2. The fraction of sp³-hybridized carbons (Fsp3) is 0.409. The first-order chi connectivity index (χ1) is 25.6. The molecule has 1 aliphatic heterocycles. The first-order valence-electron chi connectivity index (χ1n) is 18.4. The smallest absolute Gasteiger partial charge is 0.351 e. The second-order valence-electron chi connectivity index (χ2n) is 15.1. The Bertz CT molecular complexity index is 1820. The van der Waals surface area contributed by atoms with Gasteiger partial charge in [-0.3, -0.25) is 4.79 Å². The van der Waals surface area contributed by atoms with Gasteiger partial charge in [-0.2, -0.15) is 0 Å². The van der Waals surface area contributed by atoms with Crippen molar-refractivity contribution in [1.82, 2.24) is 0 Å². The summed E-state index contributed by atoms with van der Waals surface area (Å²) in [5, 5.41) is 12.4. The summed E-state index contributed by atoms with van der Waals surface area (Å²) >= 11 is 0. The second kappa shape index (κ2) is 15.5. The number of benzene rings is 4. The molecule has 1 saturated heterocycles. The number of hydrogen-bond donors (Lipinski definition) is 1. The number of fused-ring (bicyclic) bond motifs is 2. The Hall–Kier alpha value is -4.38. The molecule has 3 aliphatic rings. The third-order valence-electron chi connectivity index (χ3n) is 11.8. The van der Waals surface area contributed by atoms with Gasteiger partial charge >= 0.3 is 11.9 Å². The molecule has 0 radical (unpaired) electrons. The van der Waals surface area contributed by atoms with Gasteiger partial charge in [0.1, 0.15) is 30.5 Å². The molecular formula is C44H48O9. The maximum atomic E-state index is 14.5. The number of ether oxygens (including phenoxy) is 6. The SMILES string of the molecule is CC1(C)[C@@]2(C)CC[C@]1(C(=O)O[C@H]1[C@@H](O)[C@@H](OCc3ccccc3)[C@H](OCc3ccccc3)[C@@H](OCc3ccccc3)[C@@H]1OCc1ccccc1)OC2=O. The van der Waals surface area contributed by atoms with Crippen LogP contribution in [0.25, 0.3) is 0 Å². The first-order valence-corrected chi connectivity index (χ1v) is 18.4. The lowest BCUT2D eigenvalue weighted by atomic mass is 9.66. The summed E-state index contributed by atoms with van der Waals surface area (Å²) in [6, 6.07) is 38.8. The van der Waals surface area contributed by atoms with E-state index in [1.54, 1.807) is 0 Å². The minimum atomic E-state index is -1.52. The van der Waals surface area contributed by atoms with Gasteiger partial charge in [-0.25, -0.2) is 4.79 Å². The Balaban J connectivity index is 1.27. The van der Waals surface area contributed by atoms with Crippen molar-refractivity contribution in [1.29, 1.82) is 0 Å². The zero-order valence-electron chi connectivity index (χ0n) is 30.5. The Labute approximate surface area is 311 Å². The van der Waals surface area contributed by atoms with Gasteiger partial charge in [-0.1, -0.05) is 135 Å². The van der Waals surface area contributed by atoms with Crippen LogP contribution < -0.4 is 0 Å². The molecule has 4 aromatic carbocycles. The lowest BCUT2D eigenvalue weighted by Gasteiger charge is -2.48. The number of rotatable bonds is 14. The van der Waals surface area contributed by atoms with Crippen molar-refractivity contribution in [3.63, 3.8) is 0 Å². The van der Waals surface area contributed by atoms with Crippen LogP contribution in [0.5, 0.6) is 0 Å². The van der Waals surface area contributed by atoms with E-state index in [9.17, 15) is 14.7 Å². The van der Waals surface area contributed by atoms with E-state index in [2.05, 4.69) is 0 Å². The van der Waals surface area contributed by atoms with Crippen LogP contribution in [0.15, 0.2) is 121 Å². The van der Waals surface area contributed by atoms with Gasteiger partial charge in [0.25, 0.3) is 0 Å². The second-order valence-corrected chi connectivity index (χ2v) is 15.1. The van der Waals surface area contributed by atoms with E-state index in [0.29, 0.717) is 12.8 Å². The molecule has 53 heavy (non-hydrogen) atoms. The van der Waals surface area contributed by atoms with E-state index in [-0.39, 0.29) is 26.4 Å². The van der Waals surface area contributed by atoms with Crippen LogP contribution in [-0.2, 0) is 64.4 Å². The van der Waals surface area contributed by atoms with Crippen LogP contribution in [0.4, 0.5) is 0 Å². The van der Waals surface area contributed by atoms with Crippen LogP contribution >= 0.6 is 0 Å². The average molecular weight is 721 g/mol. The highest BCUT2D eigenvalue weighted by molar-refractivity contribution is 5.93. The van der Waals surface area contributed by atoms with Crippen molar-refractivity contribution in [3.05, 3.63) is 144 Å². The fourth-order valence-electron chi connectivity index (χ4n) is 8.02. The molecule has 2 bridgehead atoms. The molecule has 0 aromatic heterocycles. The Kier molecular flexibility index (Phi) is 10.8. The van der Waals surface area contributed by atoms with Crippen LogP contribution in [0.1, 0.15) is 55.9 Å². The van der Waals surface area contributed by atoms with Gasteiger partial charge in [0.15, 0.2) is 6.10 Å². The zero-order valence-corrected chi connectivity index (χ0v) is 30.5. The molecule has 7 rings (SSSR count). The van der Waals surface area contributed by atoms with E-state index >= 15 is 0 Å². The summed E-state index contributed by atoms with van der Waals surface area (Å²) in [6.07, 6.45) is -5.66. The highest BCUT2D eigenvalue weighted by Crippen LogP contribution is 2.66. The molecule has 1 heterocycles. The van der Waals surface area contributed by atoms with Crippen molar-refractivity contribution in [3.8, 4) is 0 Å². The molecule has 9 heteroatoms. The van der Waals surface area contributed by atoms with E-state index in [0.717, 1.165) is 22.3 Å². The number of hydrogen-bond acceptors (Lipinski definition) is 9. The van der Waals surface area contributed by atoms with Gasteiger partial charge < -0.3 is 33.5 Å². The first kappa shape index (κ1) is 37.0. The van der Waals surface area contributed by atoms with Gasteiger partial charge in [0.05, 0.1) is 31.8 Å². The summed E-state index contributed by atoms with van der Waals surface area (Å²) in [4.78, 5) is 27.7. The van der Waals surface area contributed by atoms with Crippen molar-refractivity contribution < 1.29 is 43.1 Å². The monoisotopic (exact) mass is 720 g/mol. The predicted octanol–water partition coefficient (Wildman–Crippen LogP) is 6.74. The highest BCUT2D eigenvalue weighted by Gasteiger charge is 2.77. The van der Waals surface area contributed by atoms with Gasteiger partial charge in [-0.05, 0) is 42.0 Å². The average Bonchev–Trinajstić information content (AvgIpc) is 3.48. The van der Waals surface area contributed by atoms with Crippen molar-refractivity contribution in [2.45, 2.75) is 102 Å². The molecule has 1 N–H and O–H groups in total. The van der Waals surface area contributed by atoms with Gasteiger partial charge in [-0.15, -0.1) is 0 Å². The molecule has 2 saturated carbocycles. The lowest BCUT2D eigenvalue weighted by Crippen LogP contribution is -2.68. The Morgan fingerprint density at radius 3 is 1.30 bits per heavy atom. The van der Waals surface area contributed by atoms with Crippen molar-refractivity contribution in [2.24, 2.45) is 10.8 Å². The minimum absolute atomic E-state index is 0.141. The van der Waals surface area contributed by atoms with E-state index in [1.165, 1.54) is 0 Å². The van der Waals surface area contributed by atoms with E-state index in [1.807, 2.05) is 142 Å². The third kappa shape index (κ3) is 7.16. The summed E-state index contributed by atoms with van der Waals surface area (Å²) in [5.74, 6) is -1.14. The largest absolute Gasteiger partial charge is 0.454 e. The minimum Gasteiger partial charge on any atom is -0.454 e. The molecule has 0 unspecified atom stereocenters. The highest BCUT2D eigenvalue weighted by atomic mass is 16.6. The standard InChI is InChI=1S/C44H48O9/c1-42(2)43(3)24-25-44(42,53-40(43)46)41(47)52-36-34(45)35(48-26-30-16-8-4-9-17-30)37(49-27-31-18-10-5-11-19-31)39(51-29-33-22-14-7-15-23-33)38(36)50-28-32-20-12-6-13-21-32/h4-23,34-39,45H,24-29H2,1-3H3/t34-,35+,36-,37-,38+,39+,43-,44+/m0/s1. The molecule has 8 atom stereocenters. The number of aliphatic hydroxyl groups is 1. The summed E-state index contributed by atoms with van der Waals surface area (Å²) in [7, 11) is 0. The van der Waals surface area contributed by atoms with Crippen LogP contribution in [0.2, 0.25) is 0 Å². The van der Waals surface area contributed by atoms with Gasteiger partial charge in [0.2, 0.25) is 5.60 Å². The van der Waals surface area contributed by atoms with Crippen LogP contribution in [0.3, 0.4) is 0 Å². The van der Waals surface area contributed by atoms with E-state index in [4.69, 9.17) is 28.4 Å². The molecule has 278 valence electrons. The molecule has 2 aliphatic carbocycles. The number of carbonyl (C=O) groups is 2. The summed E-state index contributed by atoms with van der Waals surface area (Å²) in [6.45, 7) is 6.28. The Morgan fingerprint density at radius 2 is 0.943 bits per heavy atom. The maximum Gasteiger partial charge on any atom is 0.351 e. The van der Waals surface area contributed by atoms with Crippen LogP contribution in [-0.4, -0.2) is 59.3 Å². The molecule has 0 spiro atoms. The maximum absolute atomic E-state index is 14.5. The molecule has 4 aromatic rings. The normalized spacial score (nSPS) is 30.2. The molecule has 3 fully saturated rings. The number of aliphatic hydroxyl groups excluding tert-OH is 1. The third-order valence-corrected chi connectivity index (χ3v) is 11.8. The van der Waals surface area contributed by atoms with E-state index < -0.39 is 65.0 Å². The fourth-order valence-corrected chi connectivity index (χ4v) is 8.02. The van der Waals surface area contributed by atoms with Crippen molar-refractivity contribution >= 4 is 11.9 Å². The molecular weight excluding hydrogens is 672 g/mol. The zero-order chi connectivity index (χ0) is 37.1. The molecule has 9 nitrogen and oxygen atoms in total. The quantitative estimate of drug-likeness (QED) is 0.142. The molecule has 0 amide bonds. The Morgan fingerprint density at radius 1 is 0.585 bits per heavy atom. The van der Waals surface area contributed by atoms with Gasteiger partial charge in [0, 0.05) is 5.41 Å². The lowest BCUT2D eigenvalue weighted by molar-refractivity contribution is -0.281. The topological polar surface area (TPSA) is 110 Å². The summed E-state index contributed by atoms with van der Waals surface area (Å²) < 4.78 is 39.0. The summed E-state index contributed by atoms with van der Waals surface area (Å²) in [5.41, 5.74) is 0.388.